The fourth-order valence-electron chi connectivity index (χ4n) is 2.82. The molecule has 1 N–H and O–H groups in total. The van der Waals surface area contributed by atoms with Crippen molar-refractivity contribution in [3.63, 3.8) is 0 Å². The fraction of sp³-hybridized carbons (Fsp3) is 0.684. The van der Waals surface area contributed by atoms with Crippen LogP contribution in [0.15, 0.2) is 24.3 Å². The van der Waals surface area contributed by atoms with Gasteiger partial charge >= 0.3 is 0 Å². The Bertz CT molecular complexity index is 368. The van der Waals surface area contributed by atoms with E-state index in [-0.39, 0.29) is 0 Å². The number of benzene rings is 1. The molecule has 2 heteroatoms. The van der Waals surface area contributed by atoms with Gasteiger partial charge in [-0.05, 0) is 37.5 Å². The van der Waals surface area contributed by atoms with E-state index in [1.54, 1.807) is 0 Å². The number of rotatable bonds is 11. The summed E-state index contributed by atoms with van der Waals surface area (Å²) in [5.74, 6) is 0. The molecule has 0 saturated carbocycles. The molecule has 0 aliphatic heterocycles. The molecule has 1 aromatic rings. The molecule has 0 unspecified atom stereocenters. The highest BCUT2D eigenvalue weighted by Gasteiger charge is 2.13. The molecule has 0 aliphatic carbocycles. The van der Waals surface area contributed by atoms with Crippen molar-refractivity contribution in [2.24, 2.45) is 0 Å². The van der Waals surface area contributed by atoms with E-state index >= 15 is 0 Å². The molecular formula is C19H32ClN. The maximum atomic E-state index is 6.10. The average molecular weight is 310 g/mol. The van der Waals surface area contributed by atoms with Crippen LogP contribution < -0.4 is 5.32 Å². The third-order valence-electron chi connectivity index (χ3n) is 4.15. The van der Waals surface area contributed by atoms with Gasteiger partial charge in [0, 0.05) is 17.1 Å². The Morgan fingerprint density at radius 1 is 1.00 bits per heavy atom. The lowest BCUT2D eigenvalue weighted by atomic mass is 9.99. The summed E-state index contributed by atoms with van der Waals surface area (Å²) < 4.78 is 0. The molecular weight excluding hydrogens is 278 g/mol. The van der Waals surface area contributed by atoms with Crippen molar-refractivity contribution in [1.82, 2.24) is 5.32 Å². The maximum Gasteiger partial charge on any atom is 0.0409 e. The summed E-state index contributed by atoms with van der Waals surface area (Å²) in [6.45, 7) is 6.79. The van der Waals surface area contributed by atoms with Gasteiger partial charge in [0.1, 0.15) is 0 Å². The number of hydrogen-bond acceptors (Lipinski definition) is 1. The first-order valence-corrected chi connectivity index (χ1v) is 9.06. The molecule has 0 bridgehead atoms. The van der Waals surface area contributed by atoms with Gasteiger partial charge in [-0.2, -0.15) is 0 Å². The van der Waals surface area contributed by atoms with Gasteiger partial charge in [0.15, 0.2) is 0 Å². The molecule has 1 atom stereocenters. The summed E-state index contributed by atoms with van der Waals surface area (Å²) in [4.78, 5) is 0. The molecule has 120 valence electrons. The lowest BCUT2D eigenvalue weighted by Crippen LogP contribution is -2.31. The van der Waals surface area contributed by atoms with E-state index in [1.807, 2.05) is 12.1 Å². The normalized spacial score (nSPS) is 12.8. The van der Waals surface area contributed by atoms with Crippen LogP contribution in [0.5, 0.6) is 0 Å². The Balaban J connectivity index is 2.52. The van der Waals surface area contributed by atoms with Gasteiger partial charge < -0.3 is 5.32 Å². The first kappa shape index (κ1) is 18.5. The van der Waals surface area contributed by atoms with Gasteiger partial charge in [0.25, 0.3) is 0 Å². The van der Waals surface area contributed by atoms with Crippen molar-refractivity contribution in [2.75, 3.05) is 0 Å². The second-order valence-corrected chi connectivity index (χ2v) is 6.57. The molecule has 1 rings (SSSR count). The van der Waals surface area contributed by atoms with Crippen molar-refractivity contribution >= 4 is 11.6 Å². The van der Waals surface area contributed by atoms with Crippen molar-refractivity contribution in [1.29, 1.82) is 0 Å². The fourth-order valence-corrected chi connectivity index (χ4v) is 3.02. The Morgan fingerprint density at radius 2 is 1.62 bits per heavy atom. The van der Waals surface area contributed by atoms with Crippen LogP contribution in [0.1, 0.15) is 83.7 Å². The molecule has 1 nitrogen and oxygen atoms in total. The molecule has 0 aromatic heterocycles. The minimum atomic E-state index is 0.372. The number of unbranched alkanes of at least 4 members (excludes halogenated alkanes) is 4. The third kappa shape index (κ3) is 7.87. The molecule has 0 saturated heterocycles. The Kier molecular flexibility index (Phi) is 9.78. The second-order valence-electron chi connectivity index (χ2n) is 6.13. The number of hydrogen-bond donors (Lipinski definition) is 1. The van der Waals surface area contributed by atoms with Crippen LogP contribution in [0, 0.1) is 0 Å². The maximum absolute atomic E-state index is 6.10. The summed E-state index contributed by atoms with van der Waals surface area (Å²) in [6.07, 6.45) is 10.5. The van der Waals surface area contributed by atoms with Crippen molar-refractivity contribution in [3.05, 3.63) is 34.9 Å². The van der Waals surface area contributed by atoms with Crippen LogP contribution in [0.3, 0.4) is 0 Å². The van der Waals surface area contributed by atoms with Crippen LogP contribution in [0.4, 0.5) is 0 Å². The summed E-state index contributed by atoms with van der Waals surface area (Å²) >= 11 is 6.10. The topological polar surface area (TPSA) is 12.0 Å². The molecule has 21 heavy (non-hydrogen) atoms. The van der Waals surface area contributed by atoms with E-state index in [4.69, 9.17) is 11.6 Å². The first-order chi connectivity index (χ1) is 10.2. The predicted octanol–water partition coefficient (Wildman–Crippen LogP) is 6.52. The van der Waals surface area contributed by atoms with E-state index in [9.17, 15) is 0 Å². The largest absolute Gasteiger partial charge is 0.307 e. The van der Waals surface area contributed by atoms with Crippen molar-refractivity contribution < 1.29 is 0 Å². The van der Waals surface area contributed by atoms with Crippen LogP contribution >= 0.6 is 11.6 Å². The molecule has 0 spiro atoms. The molecule has 0 radical (unpaired) electrons. The average Bonchev–Trinajstić information content (AvgIpc) is 2.47. The van der Waals surface area contributed by atoms with Crippen molar-refractivity contribution in [2.45, 2.75) is 84.2 Å². The Labute approximate surface area is 136 Å². The van der Waals surface area contributed by atoms with Gasteiger partial charge in [0.2, 0.25) is 0 Å². The monoisotopic (exact) mass is 309 g/mol. The first-order valence-electron chi connectivity index (χ1n) is 8.68. The zero-order chi connectivity index (χ0) is 15.5. The number of nitrogens with one attached hydrogen (secondary N) is 1. The minimum absolute atomic E-state index is 0.372. The lowest BCUT2D eigenvalue weighted by molar-refractivity contribution is 0.384. The molecule has 0 heterocycles. The Hall–Kier alpha value is -0.530. The highest BCUT2D eigenvalue weighted by molar-refractivity contribution is 6.30. The molecule has 0 aliphatic rings. The van der Waals surface area contributed by atoms with Gasteiger partial charge in [-0.3, -0.25) is 0 Å². The third-order valence-corrected chi connectivity index (χ3v) is 4.38. The SMILES string of the molecule is CCCCCC(CCCCC)N[C@@H](C)c1cccc(Cl)c1. The van der Waals surface area contributed by atoms with E-state index < -0.39 is 0 Å². The van der Waals surface area contributed by atoms with Crippen LogP contribution in [-0.2, 0) is 0 Å². The molecule has 1 aromatic carbocycles. The highest BCUT2D eigenvalue weighted by Crippen LogP contribution is 2.20. The quantitative estimate of drug-likeness (QED) is 0.459. The Morgan fingerprint density at radius 3 is 2.14 bits per heavy atom. The van der Waals surface area contributed by atoms with Crippen LogP contribution in [-0.4, -0.2) is 6.04 Å². The van der Waals surface area contributed by atoms with Crippen molar-refractivity contribution in [3.8, 4) is 0 Å². The van der Waals surface area contributed by atoms with Gasteiger partial charge in [-0.1, -0.05) is 76.1 Å². The summed E-state index contributed by atoms with van der Waals surface area (Å²) in [6, 6.07) is 9.23. The van der Waals surface area contributed by atoms with Gasteiger partial charge in [-0.15, -0.1) is 0 Å². The van der Waals surface area contributed by atoms with Crippen LogP contribution in [0.25, 0.3) is 0 Å². The van der Waals surface area contributed by atoms with Gasteiger partial charge in [-0.25, -0.2) is 0 Å². The van der Waals surface area contributed by atoms with Gasteiger partial charge in [0.05, 0.1) is 0 Å². The zero-order valence-corrected chi connectivity index (χ0v) is 14.8. The zero-order valence-electron chi connectivity index (χ0n) is 14.0. The highest BCUT2D eigenvalue weighted by atomic mass is 35.5. The van der Waals surface area contributed by atoms with Crippen LogP contribution in [0.2, 0.25) is 5.02 Å². The van der Waals surface area contributed by atoms with E-state index in [2.05, 4.69) is 38.2 Å². The smallest absolute Gasteiger partial charge is 0.0409 e. The minimum Gasteiger partial charge on any atom is -0.307 e. The second kappa shape index (κ2) is 11.1. The molecule has 0 amide bonds. The lowest BCUT2D eigenvalue weighted by Gasteiger charge is -2.24. The van der Waals surface area contributed by atoms with E-state index in [1.165, 1.54) is 56.9 Å². The van der Waals surface area contributed by atoms with E-state index in [0.717, 1.165) is 5.02 Å². The summed E-state index contributed by atoms with van der Waals surface area (Å²) in [5.41, 5.74) is 1.29. The standard InChI is InChI=1S/C19H32ClN/c1-4-6-8-13-19(14-9-7-5-2)21-16(3)17-11-10-12-18(20)15-17/h10-12,15-16,19,21H,4-9,13-14H2,1-3H3/t16-/m0/s1. The van der Waals surface area contributed by atoms with E-state index in [0.29, 0.717) is 12.1 Å². The molecule has 0 fully saturated rings. The summed E-state index contributed by atoms with van der Waals surface area (Å²) in [7, 11) is 0. The summed E-state index contributed by atoms with van der Waals surface area (Å²) in [5, 5.41) is 4.65. The predicted molar refractivity (Wildman–Crippen MR) is 95.1 cm³/mol. The number of halogens is 1.